The third-order valence-electron chi connectivity index (χ3n) is 3.50. The van der Waals surface area contributed by atoms with Crippen molar-refractivity contribution in [3.05, 3.63) is 59.5 Å². The van der Waals surface area contributed by atoms with Gasteiger partial charge >= 0.3 is 5.97 Å². The number of amides is 1. The van der Waals surface area contributed by atoms with Crippen molar-refractivity contribution in [2.75, 3.05) is 6.61 Å². The maximum atomic E-state index is 11.8. The molecule has 2 rings (SSSR count). The van der Waals surface area contributed by atoms with E-state index >= 15 is 0 Å². The zero-order valence-electron chi connectivity index (χ0n) is 13.4. The minimum Gasteiger partial charge on any atom is -0.457 e. The fourth-order valence-electron chi connectivity index (χ4n) is 2.20. The van der Waals surface area contributed by atoms with E-state index in [1.807, 2.05) is 25.1 Å². The summed E-state index contributed by atoms with van der Waals surface area (Å²) in [6.45, 7) is 3.36. The number of carbonyl (C=O) groups excluding carboxylic acids is 2. The van der Waals surface area contributed by atoms with E-state index in [1.54, 1.807) is 13.0 Å². The van der Waals surface area contributed by atoms with E-state index < -0.39 is 5.97 Å². The smallest absolute Gasteiger partial charge is 0.375 e. The normalized spacial score (nSPS) is 11.7. The first-order chi connectivity index (χ1) is 11.1. The molecule has 0 saturated heterocycles. The molecule has 1 amide bonds. The molecule has 1 aromatic heterocycles. The number of nitrogens with one attached hydrogen (secondary N) is 1. The highest BCUT2D eigenvalue weighted by Crippen LogP contribution is 2.10. The predicted molar refractivity (Wildman–Crippen MR) is 86.1 cm³/mol. The first kappa shape index (κ1) is 16.8. The van der Waals surface area contributed by atoms with Gasteiger partial charge in [-0.25, -0.2) is 4.79 Å². The number of hydrogen-bond donors (Lipinski definition) is 1. The van der Waals surface area contributed by atoms with E-state index in [2.05, 4.69) is 17.4 Å². The van der Waals surface area contributed by atoms with Crippen LogP contribution in [0.25, 0.3) is 0 Å². The summed E-state index contributed by atoms with van der Waals surface area (Å²) in [7, 11) is 0. The van der Waals surface area contributed by atoms with Crippen LogP contribution in [0.3, 0.4) is 0 Å². The van der Waals surface area contributed by atoms with Crippen molar-refractivity contribution in [1.29, 1.82) is 0 Å². The lowest BCUT2D eigenvalue weighted by atomic mass is 10.1. The number of hydrogen-bond acceptors (Lipinski definition) is 4. The van der Waals surface area contributed by atoms with Crippen LogP contribution in [-0.4, -0.2) is 24.5 Å². The maximum absolute atomic E-state index is 11.8. The van der Waals surface area contributed by atoms with Gasteiger partial charge in [0.15, 0.2) is 6.61 Å². The Kier molecular flexibility index (Phi) is 5.97. The molecule has 0 aliphatic rings. The van der Waals surface area contributed by atoms with Gasteiger partial charge in [-0.05, 0) is 38.3 Å². The average Bonchev–Trinajstić information content (AvgIpc) is 2.98. The van der Waals surface area contributed by atoms with E-state index in [-0.39, 0.29) is 24.3 Å². The fraction of sp³-hybridized carbons (Fsp3) is 0.333. The van der Waals surface area contributed by atoms with Crippen molar-refractivity contribution in [1.82, 2.24) is 5.32 Å². The highest BCUT2D eigenvalue weighted by molar-refractivity contribution is 5.90. The molecule has 122 valence electrons. The van der Waals surface area contributed by atoms with Gasteiger partial charge < -0.3 is 14.5 Å². The molecule has 1 heterocycles. The van der Waals surface area contributed by atoms with Gasteiger partial charge in [0, 0.05) is 11.6 Å². The molecule has 1 unspecified atom stereocenters. The minimum absolute atomic E-state index is 0.00626. The number of rotatable bonds is 7. The Labute approximate surface area is 135 Å². The van der Waals surface area contributed by atoms with Crippen molar-refractivity contribution in [2.24, 2.45) is 0 Å². The highest BCUT2D eigenvalue weighted by atomic mass is 16.5. The Morgan fingerprint density at radius 3 is 2.61 bits per heavy atom. The first-order valence-electron chi connectivity index (χ1n) is 7.60. The Morgan fingerprint density at radius 1 is 1.22 bits per heavy atom. The molecule has 0 bridgehead atoms. The number of aryl methyl sites for hydroxylation is 2. The monoisotopic (exact) mass is 315 g/mol. The lowest BCUT2D eigenvalue weighted by Crippen LogP contribution is -2.36. The molecule has 1 atom stereocenters. The molecule has 0 radical (unpaired) electrons. The molecule has 2 aromatic rings. The zero-order chi connectivity index (χ0) is 16.7. The van der Waals surface area contributed by atoms with Gasteiger partial charge in [-0.1, -0.05) is 30.3 Å². The number of furan rings is 1. The van der Waals surface area contributed by atoms with Gasteiger partial charge in [0.2, 0.25) is 5.76 Å². The van der Waals surface area contributed by atoms with Crippen LogP contribution in [0.4, 0.5) is 0 Å². The molecule has 0 aliphatic heterocycles. The third kappa shape index (κ3) is 5.29. The summed E-state index contributed by atoms with van der Waals surface area (Å²) in [5.41, 5.74) is 1.92. The second-order valence-corrected chi connectivity index (χ2v) is 5.50. The zero-order valence-corrected chi connectivity index (χ0v) is 13.4. The van der Waals surface area contributed by atoms with Crippen molar-refractivity contribution < 1.29 is 18.7 Å². The Bertz CT molecular complexity index is 648. The van der Waals surface area contributed by atoms with Gasteiger partial charge in [-0.3, -0.25) is 4.79 Å². The SMILES string of the molecule is Cc1ccoc1C(=O)OCC(=O)NC(C)CCc1ccccc1. The number of ether oxygens (including phenoxy) is 1. The van der Waals surface area contributed by atoms with Crippen molar-refractivity contribution >= 4 is 11.9 Å². The molecule has 0 aliphatic carbocycles. The molecular formula is C18H21NO4. The van der Waals surface area contributed by atoms with Gasteiger partial charge in [-0.2, -0.15) is 0 Å². The van der Waals surface area contributed by atoms with Crippen molar-refractivity contribution in [3.63, 3.8) is 0 Å². The third-order valence-corrected chi connectivity index (χ3v) is 3.50. The van der Waals surface area contributed by atoms with Crippen LogP contribution in [0.1, 0.15) is 35.0 Å². The van der Waals surface area contributed by atoms with Crippen LogP contribution in [0, 0.1) is 6.92 Å². The molecular weight excluding hydrogens is 294 g/mol. The van der Waals surface area contributed by atoms with Crippen LogP contribution in [0.2, 0.25) is 0 Å². The first-order valence-corrected chi connectivity index (χ1v) is 7.60. The molecule has 0 spiro atoms. The summed E-state index contributed by atoms with van der Waals surface area (Å²) in [5, 5.41) is 2.82. The van der Waals surface area contributed by atoms with E-state index in [4.69, 9.17) is 9.15 Å². The fourth-order valence-corrected chi connectivity index (χ4v) is 2.20. The Hall–Kier alpha value is -2.56. The van der Waals surface area contributed by atoms with Crippen LogP contribution in [-0.2, 0) is 16.0 Å². The second kappa shape index (κ2) is 8.17. The van der Waals surface area contributed by atoms with Crippen LogP contribution in [0.5, 0.6) is 0 Å². The summed E-state index contributed by atoms with van der Waals surface area (Å²) >= 11 is 0. The molecule has 5 nitrogen and oxygen atoms in total. The van der Waals surface area contributed by atoms with E-state index in [0.29, 0.717) is 5.56 Å². The minimum atomic E-state index is -0.625. The molecule has 0 saturated carbocycles. The molecule has 5 heteroatoms. The summed E-state index contributed by atoms with van der Waals surface area (Å²) in [5.74, 6) is -0.808. The van der Waals surface area contributed by atoms with Crippen LogP contribution in [0.15, 0.2) is 47.1 Å². The van der Waals surface area contributed by atoms with Crippen LogP contribution < -0.4 is 5.32 Å². The van der Waals surface area contributed by atoms with Crippen LogP contribution >= 0.6 is 0 Å². The number of benzene rings is 1. The second-order valence-electron chi connectivity index (χ2n) is 5.50. The standard InChI is InChI=1S/C18H21NO4/c1-13-10-11-22-17(13)18(21)23-12-16(20)19-14(2)8-9-15-6-4-3-5-7-15/h3-7,10-11,14H,8-9,12H2,1-2H3,(H,19,20). The lowest BCUT2D eigenvalue weighted by Gasteiger charge is -2.13. The molecule has 1 aromatic carbocycles. The highest BCUT2D eigenvalue weighted by Gasteiger charge is 2.16. The number of esters is 1. The quantitative estimate of drug-likeness (QED) is 0.798. The van der Waals surface area contributed by atoms with Crippen molar-refractivity contribution in [2.45, 2.75) is 32.7 Å². The number of carbonyl (C=O) groups is 2. The van der Waals surface area contributed by atoms with E-state index in [1.165, 1.54) is 11.8 Å². The van der Waals surface area contributed by atoms with E-state index in [0.717, 1.165) is 12.8 Å². The summed E-state index contributed by atoms with van der Waals surface area (Å²) < 4.78 is 9.97. The van der Waals surface area contributed by atoms with Gasteiger partial charge in [-0.15, -0.1) is 0 Å². The summed E-state index contributed by atoms with van der Waals surface area (Å²) in [6.07, 6.45) is 3.12. The summed E-state index contributed by atoms with van der Waals surface area (Å²) in [6, 6.07) is 11.8. The molecule has 23 heavy (non-hydrogen) atoms. The largest absolute Gasteiger partial charge is 0.457 e. The van der Waals surface area contributed by atoms with E-state index in [9.17, 15) is 9.59 Å². The van der Waals surface area contributed by atoms with Gasteiger partial charge in [0.05, 0.1) is 6.26 Å². The Balaban J connectivity index is 1.70. The van der Waals surface area contributed by atoms with Gasteiger partial charge in [0.1, 0.15) is 0 Å². The topological polar surface area (TPSA) is 68.5 Å². The van der Waals surface area contributed by atoms with Gasteiger partial charge in [0.25, 0.3) is 5.91 Å². The lowest BCUT2D eigenvalue weighted by molar-refractivity contribution is -0.124. The summed E-state index contributed by atoms with van der Waals surface area (Å²) in [4.78, 5) is 23.5. The molecule has 1 N–H and O–H groups in total. The van der Waals surface area contributed by atoms with Crippen molar-refractivity contribution in [3.8, 4) is 0 Å². The Morgan fingerprint density at radius 2 is 1.96 bits per heavy atom. The average molecular weight is 315 g/mol. The predicted octanol–water partition coefficient (Wildman–Crippen LogP) is 2.88. The molecule has 0 fully saturated rings. The maximum Gasteiger partial charge on any atom is 0.375 e.